The first-order valence-electron chi connectivity index (χ1n) is 10.7. The van der Waals surface area contributed by atoms with Gasteiger partial charge in [0.25, 0.3) is 0 Å². The second-order valence-corrected chi connectivity index (χ2v) is 8.44. The number of hydrogen-bond acceptors (Lipinski definition) is 5. The van der Waals surface area contributed by atoms with Crippen LogP contribution in [-0.2, 0) is 16.0 Å². The van der Waals surface area contributed by atoms with Crippen molar-refractivity contribution in [3.05, 3.63) is 65.7 Å². The van der Waals surface area contributed by atoms with Crippen LogP contribution in [0, 0.1) is 11.8 Å². The van der Waals surface area contributed by atoms with Gasteiger partial charge in [-0.05, 0) is 48.6 Å². The molecule has 8 nitrogen and oxygen atoms in total. The molecule has 1 aliphatic rings. The first-order chi connectivity index (χ1) is 15.3. The maximum Gasteiger partial charge on any atom is 0.335 e. The molecular weight excluding hydrogens is 410 g/mol. The number of benzene rings is 2. The monoisotopic (exact) mass is 439 g/mol. The molecule has 170 valence electrons. The second-order valence-electron chi connectivity index (χ2n) is 8.44. The van der Waals surface area contributed by atoms with Crippen LogP contribution in [0.25, 0.3) is 0 Å². The summed E-state index contributed by atoms with van der Waals surface area (Å²) in [6.45, 7) is 4.31. The minimum atomic E-state index is -1.04. The molecule has 0 bridgehead atoms. The molecule has 2 aromatic carbocycles. The van der Waals surface area contributed by atoms with Gasteiger partial charge in [0.15, 0.2) is 0 Å². The summed E-state index contributed by atoms with van der Waals surface area (Å²) in [5.74, 6) is -2.34. The highest BCUT2D eigenvalue weighted by atomic mass is 16.4. The van der Waals surface area contributed by atoms with Crippen LogP contribution in [0.3, 0.4) is 0 Å². The first kappa shape index (κ1) is 23.4. The van der Waals surface area contributed by atoms with E-state index in [-0.39, 0.29) is 23.3 Å². The van der Waals surface area contributed by atoms with Crippen LogP contribution in [0.4, 0.5) is 5.69 Å². The summed E-state index contributed by atoms with van der Waals surface area (Å²) in [5, 5.41) is 23.1. The van der Waals surface area contributed by atoms with Crippen molar-refractivity contribution in [1.29, 1.82) is 0 Å². The number of carbonyl (C=O) groups excluding carboxylic acids is 1. The van der Waals surface area contributed by atoms with Crippen molar-refractivity contribution in [2.24, 2.45) is 11.8 Å². The smallest absolute Gasteiger partial charge is 0.335 e. The third-order valence-corrected chi connectivity index (χ3v) is 5.77. The Balaban J connectivity index is 1.60. The maximum absolute atomic E-state index is 12.9. The highest BCUT2D eigenvalue weighted by molar-refractivity contribution is 5.95. The zero-order valence-electron chi connectivity index (χ0n) is 18.2. The van der Waals surface area contributed by atoms with E-state index in [0.717, 1.165) is 12.8 Å². The van der Waals surface area contributed by atoms with Crippen molar-refractivity contribution in [1.82, 2.24) is 10.4 Å². The Kier molecular flexibility index (Phi) is 7.61. The normalized spacial score (nSPS) is 19.2. The van der Waals surface area contributed by atoms with Crippen molar-refractivity contribution in [2.75, 3.05) is 11.9 Å². The number of nitrogens with one attached hydrogen (secondary N) is 2. The number of carbonyl (C=O) groups is 3. The standard InChI is InChI=1S/C24H29N3O5/c1-15(2)20(22(28)25-19-12-10-17(11-13-19)23(29)30)26-27-14-18(21(27)24(31)32)9-8-16-6-4-3-5-7-16/h3-7,10-13,15,18,20-21,26H,8-9,14H2,1-2H3,(H,25,28)(H,29,30)(H,31,32). The summed E-state index contributed by atoms with van der Waals surface area (Å²) < 4.78 is 0. The van der Waals surface area contributed by atoms with Crippen LogP contribution in [-0.4, -0.2) is 51.7 Å². The van der Waals surface area contributed by atoms with Crippen LogP contribution in [0.2, 0.25) is 0 Å². The number of rotatable bonds is 10. The zero-order valence-corrected chi connectivity index (χ0v) is 18.2. The zero-order chi connectivity index (χ0) is 23.3. The number of amides is 1. The molecule has 1 fully saturated rings. The van der Waals surface area contributed by atoms with Gasteiger partial charge in [-0.15, -0.1) is 0 Å². The van der Waals surface area contributed by atoms with Gasteiger partial charge < -0.3 is 15.5 Å². The fourth-order valence-corrected chi connectivity index (χ4v) is 3.90. The molecule has 0 radical (unpaired) electrons. The molecule has 3 rings (SSSR count). The third-order valence-electron chi connectivity index (χ3n) is 5.77. The Morgan fingerprint density at radius 2 is 1.69 bits per heavy atom. The lowest BCUT2D eigenvalue weighted by molar-refractivity contribution is -0.161. The van der Waals surface area contributed by atoms with E-state index in [1.807, 2.05) is 44.2 Å². The Bertz CT molecular complexity index is 946. The molecule has 8 heteroatoms. The van der Waals surface area contributed by atoms with Gasteiger partial charge in [0.1, 0.15) is 12.1 Å². The summed E-state index contributed by atoms with van der Waals surface area (Å²) in [6, 6.07) is 14.5. The Hall–Kier alpha value is -3.23. The van der Waals surface area contributed by atoms with Crippen molar-refractivity contribution in [3.8, 4) is 0 Å². The fourth-order valence-electron chi connectivity index (χ4n) is 3.90. The molecule has 3 unspecified atom stereocenters. The molecule has 1 amide bonds. The van der Waals surface area contributed by atoms with Gasteiger partial charge in [-0.1, -0.05) is 44.2 Å². The lowest BCUT2D eigenvalue weighted by Gasteiger charge is -2.47. The van der Waals surface area contributed by atoms with Crippen molar-refractivity contribution < 1.29 is 24.6 Å². The lowest BCUT2D eigenvalue weighted by atomic mass is 9.85. The molecule has 1 aliphatic heterocycles. The van der Waals surface area contributed by atoms with E-state index in [0.29, 0.717) is 12.2 Å². The average molecular weight is 440 g/mol. The quantitative estimate of drug-likeness (QED) is 0.449. The molecule has 1 heterocycles. The number of aliphatic carboxylic acids is 1. The van der Waals surface area contributed by atoms with Crippen LogP contribution in [0.5, 0.6) is 0 Å². The van der Waals surface area contributed by atoms with Gasteiger partial charge in [0.2, 0.25) is 5.91 Å². The number of nitrogens with zero attached hydrogens (tertiary/aromatic N) is 1. The fraction of sp³-hybridized carbons (Fsp3) is 0.375. The van der Waals surface area contributed by atoms with E-state index in [4.69, 9.17) is 5.11 Å². The molecule has 32 heavy (non-hydrogen) atoms. The maximum atomic E-state index is 12.9. The van der Waals surface area contributed by atoms with Gasteiger partial charge in [-0.3, -0.25) is 9.59 Å². The third kappa shape index (κ3) is 5.72. The molecule has 4 N–H and O–H groups in total. The molecular formula is C24H29N3O5. The largest absolute Gasteiger partial charge is 0.480 e. The van der Waals surface area contributed by atoms with Crippen molar-refractivity contribution in [3.63, 3.8) is 0 Å². The number of aromatic carboxylic acids is 1. The molecule has 0 spiro atoms. The van der Waals surface area contributed by atoms with Gasteiger partial charge in [0.05, 0.1) is 5.56 Å². The highest BCUT2D eigenvalue weighted by Crippen LogP contribution is 2.28. The Labute approximate surface area is 187 Å². The SMILES string of the molecule is CC(C)C(NN1CC(CCc2ccccc2)C1C(=O)O)C(=O)Nc1ccc(C(=O)O)cc1. The number of anilines is 1. The van der Waals surface area contributed by atoms with Crippen LogP contribution >= 0.6 is 0 Å². The summed E-state index contributed by atoms with van der Waals surface area (Å²) >= 11 is 0. The van der Waals surface area contributed by atoms with Gasteiger partial charge in [-0.2, -0.15) is 0 Å². The minimum absolute atomic E-state index is 0.000331. The Morgan fingerprint density at radius 3 is 2.25 bits per heavy atom. The van der Waals surface area contributed by atoms with E-state index in [9.17, 15) is 19.5 Å². The van der Waals surface area contributed by atoms with E-state index in [1.165, 1.54) is 29.8 Å². The first-order valence-corrected chi connectivity index (χ1v) is 10.7. The van der Waals surface area contributed by atoms with Crippen molar-refractivity contribution in [2.45, 2.75) is 38.8 Å². The number of hydrazine groups is 1. The van der Waals surface area contributed by atoms with Gasteiger partial charge in [0, 0.05) is 18.2 Å². The summed E-state index contributed by atoms with van der Waals surface area (Å²) in [6.07, 6.45) is 1.57. The number of carboxylic acids is 2. The number of carboxylic acid groups (broad SMARTS) is 2. The lowest BCUT2D eigenvalue weighted by Crippen LogP contribution is -2.68. The molecule has 1 saturated heterocycles. The van der Waals surface area contributed by atoms with E-state index in [2.05, 4.69) is 10.7 Å². The predicted molar refractivity (Wildman–Crippen MR) is 120 cm³/mol. The van der Waals surface area contributed by atoms with Gasteiger partial charge in [-0.25, -0.2) is 15.2 Å². The topological polar surface area (TPSA) is 119 Å². The predicted octanol–water partition coefficient (Wildman–Crippen LogP) is 2.87. The van der Waals surface area contributed by atoms with Crippen LogP contribution in [0.1, 0.15) is 36.2 Å². The number of hydrogen-bond donors (Lipinski definition) is 4. The molecule has 2 aromatic rings. The summed E-state index contributed by atoms with van der Waals surface area (Å²) in [5.41, 5.74) is 4.90. The summed E-state index contributed by atoms with van der Waals surface area (Å²) in [4.78, 5) is 35.7. The average Bonchev–Trinajstić information content (AvgIpc) is 2.73. The summed E-state index contributed by atoms with van der Waals surface area (Å²) in [7, 11) is 0. The van der Waals surface area contributed by atoms with Gasteiger partial charge >= 0.3 is 11.9 Å². The molecule has 0 aromatic heterocycles. The van der Waals surface area contributed by atoms with Crippen LogP contribution < -0.4 is 10.7 Å². The van der Waals surface area contributed by atoms with E-state index < -0.39 is 24.0 Å². The molecule has 0 saturated carbocycles. The number of aryl methyl sites for hydroxylation is 1. The molecule has 3 atom stereocenters. The van der Waals surface area contributed by atoms with E-state index >= 15 is 0 Å². The van der Waals surface area contributed by atoms with Crippen LogP contribution in [0.15, 0.2) is 54.6 Å². The second kappa shape index (κ2) is 10.4. The van der Waals surface area contributed by atoms with Crippen molar-refractivity contribution >= 4 is 23.5 Å². The highest BCUT2D eigenvalue weighted by Gasteiger charge is 2.45. The van der Waals surface area contributed by atoms with E-state index in [1.54, 1.807) is 5.01 Å². The molecule has 0 aliphatic carbocycles. The Morgan fingerprint density at radius 1 is 1.03 bits per heavy atom. The minimum Gasteiger partial charge on any atom is -0.480 e.